The van der Waals surface area contributed by atoms with E-state index in [-0.39, 0.29) is 0 Å². The van der Waals surface area contributed by atoms with Crippen LogP contribution in [0.1, 0.15) is 36.9 Å². The summed E-state index contributed by atoms with van der Waals surface area (Å²) >= 11 is 0. The maximum atomic E-state index is 5.38. The molecule has 1 aromatic heterocycles. The smallest absolute Gasteiger partial charge is 0.133 e. The number of fused-ring (bicyclic) bond motifs is 1. The van der Waals surface area contributed by atoms with Gasteiger partial charge >= 0.3 is 0 Å². The summed E-state index contributed by atoms with van der Waals surface area (Å²) in [5.74, 6) is 1.07. The normalized spacial score (nSPS) is 20.9. The summed E-state index contributed by atoms with van der Waals surface area (Å²) in [6.45, 7) is 1.73. The lowest BCUT2D eigenvalue weighted by molar-refractivity contribution is 0.0903. The van der Waals surface area contributed by atoms with Crippen LogP contribution in [0.3, 0.4) is 0 Å². The Labute approximate surface area is 102 Å². The minimum atomic E-state index is 0.518. The Morgan fingerprint density at radius 2 is 1.94 bits per heavy atom. The lowest BCUT2D eigenvalue weighted by atomic mass is 9.96. The second-order valence-electron chi connectivity index (χ2n) is 4.89. The molecule has 0 bridgehead atoms. The Hall–Kier alpha value is -1.16. The molecule has 2 aliphatic rings. The van der Waals surface area contributed by atoms with Crippen LogP contribution >= 0.6 is 0 Å². The van der Waals surface area contributed by atoms with E-state index >= 15 is 0 Å². The molecule has 0 radical (unpaired) electrons. The molecule has 0 saturated carbocycles. The van der Waals surface area contributed by atoms with Crippen LogP contribution in [0.2, 0.25) is 0 Å². The number of ether oxygens (including phenoxy) is 1. The second-order valence-corrected chi connectivity index (χ2v) is 4.89. The van der Waals surface area contributed by atoms with Crippen molar-refractivity contribution in [2.75, 3.05) is 18.5 Å². The number of nitrogens with zero attached hydrogens (tertiary/aromatic N) is 2. The number of hydrogen-bond acceptors (Lipinski definition) is 4. The molecule has 1 N–H and O–H groups in total. The molecule has 1 fully saturated rings. The van der Waals surface area contributed by atoms with Crippen molar-refractivity contribution >= 4 is 5.82 Å². The zero-order chi connectivity index (χ0) is 11.5. The van der Waals surface area contributed by atoms with Gasteiger partial charge in [-0.3, -0.25) is 0 Å². The minimum absolute atomic E-state index is 0.518. The number of aryl methyl sites for hydroxylation is 1. The number of rotatable bonds is 2. The molecule has 0 atom stereocenters. The topological polar surface area (TPSA) is 47.0 Å². The van der Waals surface area contributed by atoms with E-state index in [1.807, 2.05) is 0 Å². The highest BCUT2D eigenvalue weighted by molar-refractivity contribution is 5.47. The van der Waals surface area contributed by atoms with Crippen LogP contribution < -0.4 is 5.32 Å². The zero-order valence-corrected chi connectivity index (χ0v) is 10.1. The lowest BCUT2D eigenvalue weighted by Gasteiger charge is -2.26. The highest BCUT2D eigenvalue weighted by Crippen LogP contribution is 2.25. The van der Waals surface area contributed by atoms with Crippen LogP contribution in [0.5, 0.6) is 0 Å². The van der Waals surface area contributed by atoms with E-state index in [1.165, 1.54) is 24.1 Å². The fourth-order valence-electron chi connectivity index (χ4n) is 2.68. The van der Waals surface area contributed by atoms with Crippen LogP contribution in [0, 0.1) is 0 Å². The summed E-state index contributed by atoms with van der Waals surface area (Å²) in [6.07, 6.45) is 8.63. The molecular formula is C13H19N3O. The first-order valence-electron chi connectivity index (χ1n) is 6.60. The predicted octanol–water partition coefficient (Wildman–Crippen LogP) is 1.95. The van der Waals surface area contributed by atoms with Crippen molar-refractivity contribution in [1.29, 1.82) is 0 Å². The second kappa shape index (κ2) is 5.00. The predicted molar refractivity (Wildman–Crippen MR) is 66.1 cm³/mol. The molecule has 4 heteroatoms. The maximum absolute atomic E-state index is 5.38. The molecular weight excluding hydrogens is 214 g/mol. The molecule has 1 aliphatic carbocycles. The van der Waals surface area contributed by atoms with Gasteiger partial charge in [-0.05, 0) is 38.5 Å². The van der Waals surface area contributed by atoms with Gasteiger partial charge in [0.05, 0.1) is 0 Å². The van der Waals surface area contributed by atoms with Crippen molar-refractivity contribution < 1.29 is 4.74 Å². The molecule has 1 aromatic rings. The lowest BCUT2D eigenvalue weighted by Crippen LogP contribution is -2.29. The van der Waals surface area contributed by atoms with Gasteiger partial charge < -0.3 is 10.1 Å². The Morgan fingerprint density at radius 3 is 2.82 bits per heavy atom. The highest BCUT2D eigenvalue weighted by atomic mass is 16.5. The van der Waals surface area contributed by atoms with Gasteiger partial charge in [-0.1, -0.05) is 0 Å². The van der Waals surface area contributed by atoms with Crippen LogP contribution in [0.15, 0.2) is 6.33 Å². The quantitative estimate of drug-likeness (QED) is 0.848. The Balaban J connectivity index is 1.77. The van der Waals surface area contributed by atoms with Gasteiger partial charge in [-0.25, -0.2) is 9.97 Å². The first-order chi connectivity index (χ1) is 8.43. The average molecular weight is 233 g/mol. The van der Waals surface area contributed by atoms with E-state index in [1.54, 1.807) is 6.33 Å². The summed E-state index contributed by atoms with van der Waals surface area (Å²) in [5.41, 5.74) is 2.60. The number of anilines is 1. The summed E-state index contributed by atoms with van der Waals surface area (Å²) in [5, 5.41) is 3.58. The number of aromatic nitrogens is 2. The Morgan fingerprint density at radius 1 is 1.12 bits per heavy atom. The van der Waals surface area contributed by atoms with Gasteiger partial charge in [0.25, 0.3) is 0 Å². The monoisotopic (exact) mass is 233 g/mol. The van der Waals surface area contributed by atoms with E-state index in [0.717, 1.165) is 44.7 Å². The SMILES string of the molecule is c1nc2c(c(NC3CCOCC3)n1)CCCC2. The first kappa shape index (κ1) is 11.0. The maximum Gasteiger partial charge on any atom is 0.133 e. The third-order valence-corrected chi connectivity index (χ3v) is 3.69. The molecule has 0 amide bonds. The number of hydrogen-bond donors (Lipinski definition) is 1. The fraction of sp³-hybridized carbons (Fsp3) is 0.692. The molecule has 1 aliphatic heterocycles. The van der Waals surface area contributed by atoms with Gasteiger partial charge in [0.1, 0.15) is 12.1 Å². The van der Waals surface area contributed by atoms with Crippen molar-refractivity contribution in [3.63, 3.8) is 0 Å². The summed E-state index contributed by atoms with van der Waals surface area (Å²) in [7, 11) is 0. The van der Waals surface area contributed by atoms with E-state index in [9.17, 15) is 0 Å². The molecule has 1 saturated heterocycles. The molecule has 4 nitrogen and oxygen atoms in total. The van der Waals surface area contributed by atoms with Gasteiger partial charge in [0, 0.05) is 30.5 Å². The zero-order valence-electron chi connectivity index (χ0n) is 10.1. The Kier molecular flexibility index (Phi) is 3.22. The fourth-order valence-corrected chi connectivity index (χ4v) is 2.68. The van der Waals surface area contributed by atoms with Crippen molar-refractivity contribution in [2.24, 2.45) is 0 Å². The van der Waals surface area contributed by atoms with Gasteiger partial charge in [0.2, 0.25) is 0 Å². The van der Waals surface area contributed by atoms with Gasteiger partial charge in [-0.15, -0.1) is 0 Å². The number of nitrogens with one attached hydrogen (secondary N) is 1. The summed E-state index contributed by atoms with van der Waals surface area (Å²) < 4.78 is 5.38. The highest BCUT2D eigenvalue weighted by Gasteiger charge is 2.19. The Bertz CT molecular complexity index is 388. The van der Waals surface area contributed by atoms with Gasteiger partial charge in [-0.2, -0.15) is 0 Å². The van der Waals surface area contributed by atoms with Crippen molar-refractivity contribution in [1.82, 2.24) is 9.97 Å². The molecule has 0 spiro atoms. The first-order valence-corrected chi connectivity index (χ1v) is 6.60. The van der Waals surface area contributed by atoms with E-state index in [2.05, 4.69) is 15.3 Å². The van der Waals surface area contributed by atoms with Crippen molar-refractivity contribution in [3.05, 3.63) is 17.6 Å². The summed E-state index contributed by atoms with van der Waals surface area (Å²) in [6, 6.07) is 0.518. The van der Waals surface area contributed by atoms with Crippen LogP contribution in [-0.2, 0) is 17.6 Å². The molecule has 3 rings (SSSR count). The van der Waals surface area contributed by atoms with E-state index in [4.69, 9.17) is 4.74 Å². The van der Waals surface area contributed by atoms with Crippen LogP contribution in [0.25, 0.3) is 0 Å². The van der Waals surface area contributed by atoms with Crippen molar-refractivity contribution in [3.8, 4) is 0 Å². The minimum Gasteiger partial charge on any atom is -0.381 e. The van der Waals surface area contributed by atoms with E-state index in [0.29, 0.717) is 6.04 Å². The van der Waals surface area contributed by atoms with Crippen LogP contribution in [-0.4, -0.2) is 29.2 Å². The summed E-state index contributed by atoms with van der Waals surface area (Å²) in [4.78, 5) is 8.82. The third kappa shape index (κ3) is 2.41. The van der Waals surface area contributed by atoms with Crippen LogP contribution in [0.4, 0.5) is 5.82 Å². The molecule has 0 aromatic carbocycles. The molecule has 2 heterocycles. The van der Waals surface area contributed by atoms with Crippen molar-refractivity contribution in [2.45, 2.75) is 44.6 Å². The average Bonchev–Trinajstić information content (AvgIpc) is 2.40. The standard InChI is InChI=1S/C13H19N3O/c1-2-4-12-11(3-1)13(15-9-14-12)16-10-5-7-17-8-6-10/h9-10H,1-8H2,(H,14,15,16). The van der Waals surface area contributed by atoms with E-state index < -0.39 is 0 Å². The molecule has 0 unspecified atom stereocenters. The molecule has 17 heavy (non-hydrogen) atoms. The largest absolute Gasteiger partial charge is 0.381 e. The third-order valence-electron chi connectivity index (χ3n) is 3.69. The molecule has 92 valence electrons. The van der Waals surface area contributed by atoms with Gasteiger partial charge in [0.15, 0.2) is 0 Å².